The number of carbonyl (C=O) groups excluding carboxylic acids is 1. The van der Waals surface area contributed by atoms with Gasteiger partial charge in [0.1, 0.15) is 5.69 Å². The van der Waals surface area contributed by atoms with Crippen LogP contribution in [0.2, 0.25) is 0 Å². The monoisotopic (exact) mass is 367 g/mol. The second-order valence-electron chi connectivity index (χ2n) is 8.29. The summed E-state index contributed by atoms with van der Waals surface area (Å²) in [5, 5.41) is 8.56. The summed E-state index contributed by atoms with van der Waals surface area (Å²) in [5.41, 5.74) is 1.43. The first-order valence-corrected chi connectivity index (χ1v) is 9.40. The molecule has 0 saturated carbocycles. The van der Waals surface area contributed by atoms with Crippen molar-refractivity contribution in [3.8, 4) is 0 Å². The molecule has 142 valence electrons. The van der Waals surface area contributed by atoms with Crippen LogP contribution in [0.1, 0.15) is 49.8 Å². The third-order valence-electron chi connectivity index (χ3n) is 5.01. The number of carbonyl (C=O) groups is 1. The Morgan fingerprint density at radius 3 is 2.89 bits per heavy atom. The van der Waals surface area contributed by atoms with Gasteiger partial charge in [-0.05, 0) is 24.8 Å². The van der Waals surface area contributed by atoms with Crippen molar-refractivity contribution < 1.29 is 4.79 Å². The third-order valence-corrected chi connectivity index (χ3v) is 5.01. The van der Waals surface area contributed by atoms with E-state index in [1.807, 2.05) is 28.0 Å². The lowest BCUT2D eigenvalue weighted by atomic mass is 9.93. The Labute approximate surface area is 158 Å². The molecule has 1 atom stereocenters. The smallest absolute Gasteiger partial charge is 0.274 e. The zero-order valence-corrected chi connectivity index (χ0v) is 16.0. The number of nitrogens with zero attached hydrogens (tertiary/aromatic N) is 7. The predicted octanol–water partition coefficient (Wildman–Crippen LogP) is 2.17. The van der Waals surface area contributed by atoms with Gasteiger partial charge in [0.05, 0.1) is 5.69 Å². The Morgan fingerprint density at radius 1 is 1.30 bits per heavy atom. The maximum Gasteiger partial charge on any atom is 0.274 e. The van der Waals surface area contributed by atoms with Gasteiger partial charge in [-0.15, -0.1) is 5.10 Å². The lowest BCUT2D eigenvalue weighted by Crippen LogP contribution is -2.41. The first-order valence-electron chi connectivity index (χ1n) is 9.40. The van der Waals surface area contributed by atoms with Crippen molar-refractivity contribution in [3.63, 3.8) is 0 Å². The van der Waals surface area contributed by atoms with Gasteiger partial charge in [0.15, 0.2) is 0 Å². The van der Waals surface area contributed by atoms with Crippen LogP contribution >= 0.6 is 0 Å². The molecule has 0 aliphatic carbocycles. The van der Waals surface area contributed by atoms with Crippen molar-refractivity contribution in [1.82, 2.24) is 34.3 Å². The van der Waals surface area contributed by atoms with Gasteiger partial charge in [-0.25, -0.2) is 9.97 Å². The summed E-state index contributed by atoms with van der Waals surface area (Å²) in [5.74, 6) is 0.887. The molecule has 4 heterocycles. The fourth-order valence-electron chi connectivity index (χ4n) is 3.49. The highest BCUT2D eigenvalue weighted by atomic mass is 16.2. The van der Waals surface area contributed by atoms with Crippen LogP contribution in [0.4, 0.5) is 0 Å². The topological polar surface area (TPSA) is 81.2 Å². The van der Waals surface area contributed by atoms with Crippen molar-refractivity contribution in [2.75, 3.05) is 13.1 Å². The lowest BCUT2D eigenvalue weighted by Gasteiger charge is -2.32. The lowest BCUT2D eigenvalue weighted by molar-refractivity contribution is 0.0654. The molecule has 0 N–H and O–H groups in total. The highest BCUT2D eigenvalue weighted by Gasteiger charge is 2.27. The van der Waals surface area contributed by atoms with Crippen molar-refractivity contribution >= 4 is 11.7 Å². The maximum absolute atomic E-state index is 12.9. The molecule has 4 rings (SSSR count). The molecule has 27 heavy (non-hydrogen) atoms. The van der Waals surface area contributed by atoms with Crippen molar-refractivity contribution in [2.45, 2.75) is 45.6 Å². The molecule has 0 radical (unpaired) electrons. The molecule has 0 spiro atoms. The number of imidazole rings is 1. The van der Waals surface area contributed by atoms with E-state index in [-0.39, 0.29) is 11.3 Å². The highest BCUT2D eigenvalue weighted by Crippen LogP contribution is 2.22. The molecule has 0 bridgehead atoms. The van der Waals surface area contributed by atoms with Crippen LogP contribution in [0.5, 0.6) is 0 Å². The first-order chi connectivity index (χ1) is 12.9. The Bertz CT molecular complexity index is 919. The molecular formula is C19H25N7O. The predicted molar refractivity (Wildman–Crippen MR) is 100 cm³/mol. The van der Waals surface area contributed by atoms with Gasteiger partial charge in [0, 0.05) is 49.8 Å². The van der Waals surface area contributed by atoms with E-state index in [1.54, 1.807) is 16.8 Å². The van der Waals surface area contributed by atoms with E-state index >= 15 is 0 Å². The molecule has 8 nitrogen and oxygen atoms in total. The quantitative estimate of drug-likeness (QED) is 0.709. The summed E-state index contributed by atoms with van der Waals surface area (Å²) < 4.78 is 3.69. The van der Waals surface area contributed by atoms with E-state index in [4.69, 9.17) is 0 Å². The molecule has 8 heteroatoms. The molecule has 3 aromatic heterocycles. The number of hydrogen-bond donors (Lipinski definition) is 0. The minimum absolute atomic E-state index is 0.00994. The summed E-state index contributed by atoms with van der Waals surface area (Å²) in [6, 6.07) is 1.82. The van der Waals surface area contributed by atoms with Gasteiger partial charge in [0.2, 0.25) is 5.78 Å². The Hall–Kier alpha value is -2.77. The average Bonchev–Trinajstić information content (AvgIpc) is 3.27. The Kier molecular flexibility index (Phi) is 4.41. The minimum atomic E-state index is -0.0285. The number of fused-ring (bicyclic) bond motifs is 1. The number of rotatable bonds is 3. The second kappa shape index (κ2) is 6.75. The Balaban J connectivity index is 1.44. The van der Waals surface area contributed by atoms with Crippen LogP contribution in [-0.2, 0) is 12.0 Å². The van der Waals surface area contributed by atoms with E-state index in [0.29, 0.717) is 23.9 Å². The number of aromatic nitrogens is 6. The number of likely N-dealkylation sites (tertiary alicyclic amines) is 1. The van der Waals surface area contributed by atoms with Crippen LogP contribution in [0.15, 0.2) is 30.9 Å². The second-order valence-corrected chi connectivity index (χ2v) is 8.29. The molecule has 1 fully saturated rings. The summed E-state index contributed by atoms with van der Waals surface area (Å²) >= 11 is 0. The summed E-state index contributed by atoms with van der Waals surface area (Å²) in [6.45, 7) is 8.65. The van der Waals surface area contributed by atoms with Gasteiger partial charge in [-0.3, -0.25) is 13.9 Å². The van der Waals surface area contributed by atoms with Gasteiger partial charge in [0.25, 0.3) is 5.91 Å². The Morgan fingerprint density at radius 2 is 2.15 bits per heavy atom. The molecule has 1 aliphatic heterocycles. The minimum Gasteiger partial charge on any atom is -0.337 e. The average molecular weight is 367 g/mol. The fraction of sp³-hybridized carbons (Fsp3) is 0.526. The van der Waals surface area contributed by atoms with Crippen molar-refractivity contribution in [2.24, 2.45) is 5.92 Å². The molecule has 1 saturated heterocycles. The largest absolute Gasteiger partial charge is 0.337 e. The van der Waals surface area contributed by atoms with Crippen LogP contribution < -0.4 is 0 Å². The third kappa shape index (κ3) is 3.70. The van der Waals surface area contributed by atoms with Crippen LogP contribution in [-0.4, -0.2) is 53.3 Å². The number of amides is 1. The molecule has 1 unspecified atom stereocenters. The molecule has 1 aliphatic rings. The first kappa shape index (κ1) is 17.6. The van der Waals surface area contributed by atoms with Crippen LogP contribution in [0, 0.1) is 5.92 Å². The summed E-state index contributed by atoms with van der Waals surface area (Å²) in [4.78, 5) is 23.3. The summed E-state index contributed by atoms with van der Waals surface area (Å²) in [6.07, 6.45) is 9.38. The summed E-state index contributed by atoms with van der Waals surface area (Å²) in [7, 11) is 0. The molecule has 3 aromatic rings. The van der Waals surface area contributed by atoms with Gasteiger partial charge in [-0.2, -0.15) is 0 Å². The highest BCUT2D eigenvalue weighted by molar-refractivity contribution is 5.92. The fourth-order valence-corrected chi connectivity index (χ4v) is 3.49. The molecule has 1 amide bonds. The van der Waals surface area contributed by atoms with E-state index in [0.717, 1.165) is 31.6 Å². The van der Waals surface area contributed by atoms with Crippen LogP contribution in [0.3, 0.4) is 0 Å². The SMILES string of the molecule is CC(C)(C)c1cn(CC2CCCN(C(=O)c3cn4cccnc4n3)C2)nn1. The van der Waals surface area contributed by atoms with E-state index in [9.17, 15) is 4.79 Å². The van der Waals surface area contributed by atoms with Gasteiger partial charge >= 0.3 is 0 Å². The van der Waals surface area contributed by atoms with Crippen molar-refractivity contribution in [1.29, 1.82) is 0 Å². The standard InChI is InChI=1S/C19H25N7O/c1-19(2,3)16-13-26(23-22-16)11-14-6-4-8-24(10-14)17(27)15-12-25-9-5-7-20-18(25)21-15/h5,7,9,12-14H,4,6,8,10-11H2,1-3H3. The van der Waals surface area contributed by atoms with E-state index in [2.05, 4.69) is 41.1 Å². The molecular weight excluding hydrogens is 342 g/mol. The number of piperidine rings is 1. The van der Waals surface area contributed by atoms with Gasteiger partial charge < -0.3 is 4.90 Å². The van der Waals surface area contributed by atoms with Crippen LogP contribution in [0.25, 0.3) is 5.78 Å². The normalized spacial score (nSPS) is 18.2. The number of hydrogen-bond acceptors (Lipinski definition) is 5. The van der Waals surface area contributed by atoms with E-state index < -0.39 is 0 Å². The van der Waals surface area contributed by atoms with Crippen molar-refractivity contribution in [3.05, 3.63) is 42.2 Å². The zero-order chi connectivity index (χ0) is 19.0. The molecule has 0 aromatic carbocycles. The maximum atomic E-state index is 12.9. The van der Waals surface area contributed by atoms with E-state index in [1.165, 1.54) is 0 Å². The zero-order valence-electron chi connectivity index (χ0n) is 16.0. The van der Waals surface area contributed by atoms with Gasteiger partial charge in [-0.1, -0.05) is 26.0 Å².